The van der Waals surface area contributed by atoms with Crippen molar-refractivity contribution in [2.24, 2.45) is 11.7 Å². The van der Waals surface area contributed by atoms with Crippen molar-refractivity contribution in [2.75, 3.05) is 11.9 Å². The maximum absolute atomic E-state index is 12.1. The molecular formula is C16H23N3OS. The van der Waals surface area contributed by atoms with E-state index in [0.29, 0.717) is 18.5 Å². The highest BCUT2D eigenvalue weighted by Crippen LogP contribution is 2.37. The smallest absolute Gasteiger partial charge is 0.225 e. The fourth-order valence-electron chi connectivity index (χ4n) is 2.78. The number of hydrogen-bond donors (Lipinski definition) is 2. The van der Waals surface area contributed by atoms with Crippen LogP contribution in [0.25, 0.3) is 0 Å². The van der Waals surface area contributed by atoms with Gasteiger partial charge in [-0.05, 0) is 43.7 Å². The van der Waals surface area contributed by atoms with E-state index in [1.165, 1.54) is 23.3 Å². The number of anilines is 1. The molecule has 1 aliphatic rings. The largest absolute Gasteiger partial charge is 0.330 e. The van der Waals surface area contributed by atoms with Gasteiger partial charge in [-0.1, -0.05) is 19.8 Å². The van der Waals surface area contributed by atoms with E-state index in [9.17, 15) is 10.1 Å². The predicted octanol–water partition coefficient (Wildman–Crippen LogP) is 3.20. The Labute approximate surface area is 130 Å². The molecule has 1 unspecified atom stereocenters. The van der Waals surface area contributed by atoms with Gasteiger partial charge in [-0.25, -0.2) is 0 Å². The lowest BCUT2D eigenvalue weighted by Gasteiger charge is -2.11. The van der Waals surface area contributed by atoms with Crippen LogP contribution in [0.4, 0.5) is 5.00 Å². The van der Waals surface area contributed by atoms with E-state index in [4.69, 9.17) is 5.73 Å². The summed E-state index contributed by atoms with van der Waals surface area (Å²) in [7, 11) is 0. The zero-order valence-corrected chi connectivity index (χ0v) is 13.4. The molecular weight excluding hydrogens is 282 g/mol. The Balaban J connectivity index is 2.13. The molecule has 1 heterocycles. The Morgan fingerprint density at radius 2 is 2.19 bits per heavy atom. The molecule has 1 aromatic rings. The van der Waals surface area contributed by atoms with E-state index in [2.05, 4.69) is 11.4 Å². The lowest BCUT2D eigenvalue weighted by Crippen LogP contribution is -2.21. The monoisotopic (exact) mass is 305 g/mol. The molecule has 0 spiro atoms. The molecule has 0 saturated carbocycles. The number of nitrogens with one attached hydrogen (secondary N) is 1. The van der Waals surface area contributed by atoms with Crippen molar-refractivity contribution in [2.45, 2.75) is 51.9 Å². The van der Waals surface area contributed by atoms with Crippen LogP contribution in [0.3, 0.4) is 0 Å². The fourth-order valence-corrected chi connectivity index (χ4v) is 4.04. The minimum Gasteiger partial charge on any atom is -0.330 e. The number of hydrogen-bond acceptors (Lipinski definition) is 4. The molecule has 0 bridgehead atoms. The molecule has 0 fully saturated rings. The van der Waals surface area contributed by atoms with E-state index >= 15 is 0 Å². The molecule has 114 valence electrons. The van der Waals surface area contributed by atoms with Gasteiger partial charge < -0.3 is 11.1 Å². The van der Waals surface area contributed by atoms with Crippen molar-refractivity contribution in [1.29, 1.82) is 5.26 Å². The summed E-state index contributed by atoms with van der Waals surface area (Å²) in [5.74, 6) is 0.188. The first-order valence-electron chi connectivity index (χ1n) is 7.74. The number of carbonyl (C=O) groups is 1. The van der Waals surface area contributed by atoms with Gasteiger partial charge in [0.2, 0.25) is 5.91 Å². The maximum Gasteiger partial charge on any atom is 0.225 e. The first kappa shape index (κ1) is 16.0. The molecule has 1 atom stereocenters. The summed E-state index contributed by atoms with van der Waals surface area (Å²) in [4.78, 5) is 13.4. The van der Waals surface area contributed by atoms with E-state index in [1.54, 1.807) is 11.3 Å². The zero-order chi connectivity index (χ0) is 15.2. The van der Waals surface area contributed by atoms with Gasteiger partial charge in [-0.2, -0.15) is 5.26 Å². The molecule has 3 N–H and O–H groups in total. The van der Waals surface area contributed by atoms with Gasteiger partial charge in [0.15, 0.2) is 0 Å². The normalized spacial score (nSPS) is 15.7. The molecule has 0 aromatic carbocycles. The highest BCUT2D eigenvalue weighted by atomic mass is 32.1. The summed E-state index contributed by atoms with van der Waals surface area (Å²) in [6.07, 6.45) is 6.86. The Morgan fingerprint density at radius 1 is 1.43 bits per heavy atom. The standard InChI is InChI=1S/C16H23N3OS/c1-2-11(9-17)8-15(20)19-16-13(10-18)12-6-4-3-5-7-14(12)21-16/h11H,2-9,17H2,1H3,(H,19,20). The average Bonchev–Trinajstić information content (AvgIpc) is 2.65. The molecule has 1 aromatic heterocycles. The highest BCUT2D eigenvalue weighted by molar-refractivity contribution is 7.16. The average molecular weight is 305 g/mol. The Kier molecular flexibility index (Phi) is 5.77. The lowest BCUT2D eigenvalue weighted by atomic mass is 10.0. The second-order valence-electron chi connectivity index (χ2n) is 5.64. The maximum atomic E-state index is 12.1. The van der Waals surface area contributed by atoms with Crippen LogP contribution in [-0.4, -0.2) is 12.5 Å². The predicted molar refractivity (Wildman–Crippen MR) is 86.4 cm³/mol. The summed E-state index contributed by atoms with van der Waals surface area (Å²) in [5, 5.41) is 13.1. The van der Waals surface area contributed by atoms with Crippen LogP contribution in [0.5, 0.6) is 0 Å². The van der Waals surface area contributed by atoms with Gasteiger partial charge in [0, 0.05) is 11.3 Å². The van der Waals surface area contributed by atoms with Crippen LogP contribution in [0.15, 0.2) is 0 Å². The highest BCUT2D eigenvalue weighted by Gasteiger charge is 2.21. The fraction of sp³-hybridized carbons (Fsp3) is 0.625. The summed E-state index contributed by atoms with van der Waals surface area (Å²) < 4.78 is 0. The molecule has 1 amide bonds. The summed E-state index contributed by atoms with van der Waals surface area (Å²) in [6, 6.07) is 2.29. The van der Waals surface area contributed by atoms with E-state index < -0.39 is 0 Å². The number of thiophene rings is 1. The molecule has 21 heavy (non-hydrogen) atoms. The summed E-state index contributed by atoms with van der Waals surface area (Å²) in [6.45, 7) is 2.56. The van der Waals surface area contributed by atoms with Crippen LogP contribution in [0.2, 0.25) is 0 Å². The second kappa shape index (κ2) is 7.58. The first-order chi connectivity index (χ1) is 10.2. The number of fused-ring (bicyclic) bond motifs is 1. The van der Waals surface area contributed by atoms with E-state index in [-0.39, 0.29) is 11.8 Å². The minimum atomic E-state index is -0.0276. The number of aryl methyl sites for hydroxylation is 1. The number of carbonyl (C=O) groups excluding carboxylic acids is 1. The molecule has 0 saturated heterocycles. The summed E-state index contributed by atoms with van der Waals surface area (Å²) in [5.41, 5.74) is 7.50. The SMILES string of the molecule is CCC(CN)CC(=O)Nc1sc2c(c1C#N)CCCCC2. The Morgan fingerprint density at radius 3 is 2.86 bits per heavy atom. The second-order valence-corrected chi connectivity index (χ2v) is 6.75. The summed E-state index contributed by atoms with van der Waals surface area (Å²) >= 11 is 1.58. The topological polar surface area (TPSA) is 78.9 Å². The van der Waals surface area contributed by atoms with Crippen LogP contribution in [-0.2, 0) is 17.6 Å². The molecule has 2 rings (SSSR count). The van der Waals surface area contributed by atoms with Crippen LogP contribution < -0.4 is 11.1 Å². The van der Waals surface area contributed by atoms with Crippen LogP contribution in [0.1, 0.15) is 55.0 Å². The Hall–Kier alpha value is -1.38. The molecule has 4 nitrogen and oxygen atoms in total. The van der Waals surface area contributed by atoms with Gasteiger partial charge >= 0.3 is 0 Å². The van der Waals surface area contributed by atoms with Crippen molar-refractivity contribution >= 4 is 22.2 Å². The van der Waals surface area contributed by atoms with Gasteiger partial charge in [-0.15, -0.1) is 11.3 Å². The van der Waals surface area contributed by atoms with Crippen LogP contribution in [0, 0.1) is 17.2 Å². The third-order valence-corrected chi connectivity index (χ3v) is 5.38. The van der Waals surface area contributed by atoms with Crippen LogP contribution >= 0.6 is 11.3 Å². The first-order valence-corrected chi connectivity index (χ1v) is 8.55. The Bertz CT molecular complexity index is 540. The third kappa shape index (κ3) is 3.84. The van der Waals surface area contributed by atoms with Crippen molar-refractivity contribution < 1.29 is 4.79 Å². The third-order valence-electron chi connectivity index (χ3n) is 4.17. The number of amides is 1. The van der Waals surface area contributed by atoms with Crippen molar-refractivity contribution in [3.63, 3.8) is 0 Å². The van der Waals surface area contributed by atoms with Gasteiger partial charge in [-0.3, -0.25) is 4.79 Å². The van der Waals surface area contributed by atoms with Gasteiger partial charge in [0.1, 0.15) is 11.1 Å². The lowest BCUT2D eigenvalue weighted by molar-refractivity contribution is -0.117. The number of nitrogens with zero attached hydrogens (tertiary/aromatic N) is 1. The van der Waals surface area contributed by atoms with Crippen molar-refractivity contribution in [3.05, 3.63) is 16.0 Å². The van der Waals surface area contributed by atoms with Gasteiger partial charge in [0.05, 0.1) is 5.56 Å². The minimum absolute atomic E-state index is 0.0276. The molecule has 1 aliphatic carbocycles. The number of nitrogens with two attached hydrogens (primary N) is 1. The zero-order valence-electron chi connectivity index (χ0n) is 12.6. The molecule has 5 heteroatoms. The van der Waals surface area contributed by atoms with Crippen molar-refractivity contribution in [1.82, 2.24) is 0 Å². The van der Waals surface area contributed by atoms with E-state index in [0.717, 1.165) is 30.7 Å². The molecule has 0 radical (unpaired) electrons. The number of rotatable bonds is 5. The quantitative estimate of drug-likeness (QED) is 0.820. The van der Waals surface area contributed by atoms with E-state index in [1.807, 2.05) is 6.92 Å². The molecule has 0 aliphatic heterocycles. The van der Waals surface area contributed by atoms with Gasteiger partial charge in [0.25, 0.3) is 0 Å². The van der Waals surface area contributed by atoms with Crippen molar-refractivity contribution in [3.8, 4) is 6.07 Å². The number of nitriles is 1.